The van der Waals surface area contributed by atoms with E-state index in [0.29, 0.717) is 12.2 Å². The third kappa shape index (κ3) is 1.70. The van der Waals surface area contributed by atoms with E-state index < -0.39 is 11.9 Å². The number of carbonyl (C=O) groups is 2. The predicted molar refractivity (Wildman–Crippen MR) is 51.6 cm³/mol. The van der Waals surface area contributed by atoms with Crippen LogP contribution in [-0.4, -0.2) is 16.9 Å². The second-order valence-electron chi connectivity index (χ2n) is 3.58. The van der Waals surface area contributed by atoms with Gasteiger partial charge in [0.2, 0.25) is 0 Å². The smallest absolute Gasteiger partial charge is 0.322 e. The summed E-state index contributed by atoms with van der Waals surface area (Å²) < 4.78 is 4.97. The van der Waals surface area contributed by atoms with Crippen molar-refractivity contribution < 1.29 is 19.4 Å². The molecular formula is C11H10O4. The van der Waals surface area contributed by atoms with Crippen LogP contribution in [0.2, 0.25) is 0 Å². The number of ether oxygens (including phenoxy) is 1. The van der Waals surface area contributed by atoms with E-state index in [-0.39, 0.29) is 11.5 Å². The van der Waals surface area contributed by atoms with Gasteiger partial charge < -0.3 is 9.84 Å². The molecule has 0 bridgehead atoms. The molecule has 0 fully saturated rings. The van der Waals surface area contributed by atoms with Gasteiger partial charge in [-0.05, 0) is 25.0 Å². The number of benzene rings is 1. The fourth-order valence-electron chi connectivity index (χ4n) is 1.60. The van der Waals surface area contributed by atoms with Crippen LogP contribution in [0.1, 0.15) is 12.5 Å². The molecule has 0 aromatic heterocycles. The molecule has 0 saturated heterocycles. The van der Waals surface area contributed by atoms with Crippen LogP contribution in [0.4, 0.5) is 0 Å². The molecule has 78 valence electrons. The number of hydrogen-bond donors (Lipinski definition) is 1. The minimum Gasteiger partial charge on any atom is -0.508 e. The van der Waals surface area contributed by atoms with Crippen molar-refractivity contribution in [2.24, 2.45) is 5.92 Å². The molecule has 1 aliphatic rings. The number of phenols is 1. The summed E-state index contributed by atoms with van der Waals surface area (Å²) in [5.74, 6) is -1.05. The largest absolute Gasteiger partial charge is 0.508 e. The predicted octanol–water partition coefficient (Wildman–Crippen LogP) is 1.06. The number of aromatic hydroxyl groups is 1. The minimum absolute atomic E-state index is 0.0443. The van der Waals surface area contributed by atoms with Crippen LogP contribution in [0, 0.1) is 5.92 Å². The lowest BCUT2D eigenvalue weighted by Gasteiger charge is -2.21. The maximum Gasteiger partial charge on any atom is 0.322 e. The quantitative estimate of drug-likeness (QED) is 0.424. The molecule has 0 aliphatic carbocycles. The maximum atomic E-state index is 11.4. The van der Waals surface area contributed by atoms with Gasteiger partial charge in [-0.2, -0.15) is 0 Å². The number of carbonyl (C=O) groups excluding carboxylic acids is 2. The lowest BCUT2D eigenvalue weighted by molar-refractivity contribution is -0.144. The van der Waals surface area contributed by atoms with E-state index in [1.807, 2.05) is 0 Å². The van der Waals surface area contributed by atoms with Gasteiger partial charge in [0.25, 0.3) is 0 Å². The van der Waals surface area contributed by atoms with Crippen LogP contribution >= 0.6 is 0 Å². The Morgan fingerprint density at radius 3 is 2.93 bits per heavy atom. The first-order valence-electron chi connectivity index (χ1n) is 4.62. The van der Waals surface area contributed by atoms with Crippen LogP contribution in [-0.2, 0) is 16.0 Å². The molecule has 0 saturated carbocycles. The van der Waals surface area contributed by atoms with E-state index >= 15 is 0 Å². The first-order chi connectivity index (χ1) is 7.08. The van der Waals surface area contributed by atoms with Crippen LogP contribution in [0.25, 0.3) is 0 Å². The van der Waals surface area contributed by atoms with Gasteiger partial charge in [-0.3, -0.25) is 9.59 Å². The van der Waals surface area contributed by atoms with Crippen LogP contribution < -0.4 is 4.74 Å². The molecule has 4 heteroatoms. The van der Waals surface area contributed by atoms with Crippen molar-refractivity contribution in [1.29, 1.82) is 0 Å². The van der Waals surface area contributed by atoms with Gasteiger partial charge in [-0.1, -0.05) is 6.07 Å². The van der Waals surface area contributed by atoms with Gasteiger partial charge >= 0.3 is 5.97 Å². The SMILES string of the molecule is CC(=O)C1Cc2ccc(O)cc2OC1=O. The number of fused-ring (bicyclic) bond motifs is 1. The molecule has 1 atom stereocenters. The van der Waals surface area contributed by atoms with E-state index in [0.717, 1.165) is 5.56 Å². The van der Waals surface area contributed by atoms with Crippen molar-refractivity contribution in [3.05, 3.63) is 23.8 Å². The highest BCUT2D eigenvalue weighted by atomic mass is 16.5. The topological polar surface area (TPSA) is 63.6 Å². The Labute approximate surface area is 86.5 Å². The van der Waals surface area contributed by atoms with Gasteiger partial charge in [0.15, 0.2) is 0 Å². The van der Waals surface area contributed by atoms with Crippen LogP contribution in [0.3, 0.4) is 0 Å². The number of hydrogen-bond acceptors (Lipinski definition) is 4. The summed E-state index contributed by atoms with van der Waals surface area (Å²) in [4.78, 5) is 22.5. The number of ketones is 1. The first kappa shape index (κ1) is 9.71. The van der Waals surface area contributed by atoms with Crippen molar-refractivity contribution in [2.75, 3.05) is 0 Å². The number of rotatable bonds is 1. The van der Waals surface area contributed by atoms with Gasteiger partial charge in [-0.25, -0.2) is 0 Å². The third-order valence-corrected chi connectivity index (χ3v) is 2.46. The minimum atomic E-state index is -0.706. The zero-order chi connectivity index (χ0) is 11.0. The average Bonchev–Trinajstić information content (AvgIpc) is 2.15. The monoisotopic (exact) mass is 206 g/mol. The Hall–Kier alpha value is -1.84. The molecule has 15 heavy (non-hydrogen) atoms. The van der Waals surface area contributed by atoms with Crippen molar-refractivity contribution in [3.8, 4) is 11.5 Å². The second-order valence-corrected chi connectivity index (χ2v) is 3.58. The zero-order valence-electron chi connectivity index (χ0n) is 8.19. The Kier molecular flexibility index (Phi) is 2.19. The Balaban J connectivity index is 2.38. The average molecular weight is 206 g/mol. The lowest BCUT2D eigenvalue weighted by atomic mass is 9.93. The molecule has 1 aliphatic heterocycles. The summed E-state index contributed by atoms with van der Waals surface area (Å²) in [5, 5.41) is 9.19. The van der Waals surface area contributed by atoms with Gasteiger partial charge in [0.1, 0.15) is 23.2 Å². The molecule has 1 unspecified atom stereocenters. The highest BCUT2D eigenvalue weighted by Gasteiger charge is 2.31. The summed E-state index contributed by atoms with van der Waals surface area (Å²) in [6, 6.07) is 4.55. The van der Waals surface area contributed by atoms with E-state index in [1.54, 1.807) is 6.07 Å². The molecule has 0 spiro atoms. The van der Waals surface area contributed by atoms with Crippen molar-refractivity contribution >= 4 is 11.8 Å². The fourth-order valence-corrected chi connectivity index (χ4v) is 1.60. The van der Waals surface area contributed by atoms with Gasteiger partial charge in [-0.15, -0.1) is 0 Å². The Bertz CT molecular complexity index is 436. The summed E-state index contributed by atoms with van der Waals surface area (Å²) in [6.07, 6.45) is 0.351. The molecule has 4 nitrogen and oxygen atoms in total. The zero-order valence-corrected chi connectivity index (χ0v) is 8.19. The molecule has 0 amide bonds. The Morgan fingerprint density at radius 2 is 2.27 bits per heavy atom. The van der Waals surface area contributed by atoms with Crippen molar-refractivity contribution in [2.45, 2.75) is 13.3 Å². The first-order valence-corrected chi connectivity index (χ1v) is 4.62. The number of Topliss-reactive ketones (excluding diaryl/α,β-unsaturated/α-hetero) is 1. The maximum absolute atomic E-state index is 11.4. The molecule has 2 rings (SSSR count). The number of esters is 1. The highest BCUT2D eigenvalue weighted by molar-refractivity contribution is 5.99. The van der Waals surface area contributed by atoms with E-state index in [2.05, 4.69) is 0 Å². The van der Waals surface area contributed by atoms with E-state index in [1.165, 1.54) is 19.1 Å². The second kappa shape index (κ2) is 3.38. The normalized spacial score (nSPS) is 19.3. The molecule has 1 aromatic rings. The summed E-state index contributed by atoms with van der Waals surface area (Å²) in [5.41, 5.74) is 0.771. The molecule has 1 heterocycles. The molecule has 0 radical (unpaired) electrons. The summed E-state index contributed by atoms with van der Waals surface area (Å²) >= 11 is 0. The highest BCUT2D eigenvalue weighted by Crippen LogP contribution is 2.31. The van der Waals surface area contributed by atoms with Gasteiger partial charge in [0, 0.05) is 6.07 Å². The fraction of sp³-hybridized carbons (Fsp3) is 0.273. The summed E-state index contributed by atoms with van der Waals surface area (Å²) in [6.45, 7) is 1.37. The molecular weight excluding hydrogens is 196 g/mol. The standard InChI is InChI=1S/C11H10O4/c1-6(12)9-4-7-2-3-8(13)5-10(7)15-11(9)14/h2-3,5,9,13H,4H2,1H3. The lowest BCUT2D eigenvalue weighted by Crippen LogP contribution is -2.32. The van der Waals surface area contributed by atoms with E-state index in [9.17, 15) is 14.7 Å². The van der Waals surface area contributed by atoms with Crippen molar-refractivity contribution in [3.63, 3.8) is 0 Å². The van der Waals surface area contributed by atoms with Crippen LogP contribution in [0.5, 0.6) is 11.5 Å². The molecule has 1 N–H and O–H groups in total. The Morgan fingerprint density at radius 1 is 1.53 bits per heavy atom. The molecule has 1 aromatic carbocycles. The third-order valence-electron chi connectivity index (χ3n) is 2.46. The summed E-state index contributed by atoms with van der Waals surface area (Å²) in [7, 11) is 0. The number of phenolic OH excluding ortho intramolecular Hbond substituents is 1. The van der Waals surface area contributed by atoms with Gasteiger partial charge in [0.05, 0.1) is 0 Å². The van der Waals surface area contributed by atoms with Crippen LogP contribution in [0.15, 0.2) is 18.2 Å². The van der Waals surface area contributed by atoms with Crippen molar-refractivity contribution in [1.82, 2.24) is 0 Å². The van der Waals surface area contributed by atoms with E-state index in [4.69, 9.17) is 4.74 Å².